The van der Waals surface area contributed by atoms with Gasteiger partial charge in [0.2, 0.25) is 5.91 Å². The van der Waals surface area contributed by atoms with Crippen LogP contribution in [0.1, 0.15) is 28.8 Å². The highest BCUT2D eigenvalue weighted by Crippen LogP contribution is 2.37. The molecule has 0 spiro atoms. The summed E-state index contributed by atoms with van der Waals surface area (Å²) in [6, 6.07) is 0. The second-order valence-corrected chi connectivity index (χ2v) is 10.1. The van der Waals surface area contributed by atoms with Crippen LogP contribution in [0.3, 0.4) is 0 Å². The number of hydrogen-bond acceptors (Lipinski definition) is 7. The van der Waals surface area contributed by atoms with E-state index in [4.69, 9.17) is 14.9 Å². The zero-order valence-electron chi connectivity index (χ0n) is 17.2. The molecule has 0 radical (unpaired) electrons. The Bertz CT molecular complexity index is 780. The number of methoxy groups -OCH3 is 1. The number of anilines is 1. The van der Waals surface area contributed by atoms with Crippen LogP contribution in [0, 0.1) is 10.7 Å². The Kier molecular flexibility index (Phi) is 13.6. The normalized spacial score (nSPS) is 13.1. The number of likely N-dealkylation sites (N-methyl/N-ethyl adjacent to an activating group) is 1. The number of nitrogens with zero attached hydrogens (tertiary/aromatic N) is 1. The number of nitrogens with one attached hydrogen (secondary N) is 1. The molecule has 2 amide bonds. The molecule has 12 heteroatoms. The van der Waals surface area contributed by atoms with Crippen LogP contribution in [-0.2, 0) is 16.0 Å². The zero-order chi connectivity index (χ0) is 23.7. The van der Waals surface area contributed by atoms with E-state index in [0.717, 1.165) is 9.13 Å². The van der Waals surface area contributed by atoms with Crippen LogP contribution in [0.5, 0.6) is 0 Å². The first-order valence-electron chi connectivity index (χ1n) is 9.40. The number of benzene rings is 1. The van der Waals surface area contributed by atoms with Crippen molar-refractivity contribution in [2.45, 2.75) is 31.5 Å². The van der Waals surface area contributed by atoms with Crippen molar-refractivity contribution < 1.29 is 34.8 Å². The molecule has 0 saturated carbocycles. The first-order valence-corrected chi connectivity index (χ1v) is 12.6. The van der Waals surface area contributed by atoms with Crippen molar-refractivity contribution >= 4 is 85.3 Å². The summed E-state index contributed by atoms with van der Waals surface area (Å²) < 4.78 is 6.94. The van der Waals surface area contributed by atoms with E-state index in [1.54, 1.807) is 0 Å². The standard InChI is InChI=1S/C19H27I3N2O7/c1-24(6-11(28)8-26)19(30)14-15(20)12(5-3-4-10(27)7-25)16(21)18(17(14)22)23-13(29)9-31-2/h10-11,25-28H,3-9H2,1-2H3,(H,23,29). The molecule has 176 valence electrons. The summed E-state index contributed by atoms with van der Waals surface area (Å²) in [4.78, 5) is 26.7. The molecule has 0 aromatic heterocycles. The summed E-state index contributed by atoms with van der Waals surface area (Å²) in [5.74, 6) is -0.708. The summed E-state index contributed by atoms with van der Waals surface area (Å²) in [6.45, 7) is -0.963. The van der Waals surface area contributed by atoms with Crippen molar-refractivity contribution in [2.24, 2.45) is 0 Å². The summed E-state index contributed by atoms with van der Waals surface area (Å²) in [5.41, 5.74) is 1.74. The van der Waals surface area contributed by atoms with Crippen molar-refractivity contribution in [3.8, 4) is 0 Å². The molecule has 1 aromatic rings. The molecular formula is C19H27I3N2O7. The van der Waals surface area contributed by atoms with E-state index >= 15 is 0 Å². The largest absolute Gasteiger partial charge is 0.394 e. The third-order valence-electron chi connectivity index (χ3n) is 4.38. The van der Waals surface area contributed by atoms with Gasteiger partial charge in [0, 0.05) is 27.8 Å². The van der Waals surface area contributed by atoms with Gasteiger partial charge in [0.05, 0.1) is 40.2 Å². The highest BCUT2D eigenvalue weighted by molar-refractivity contribution is 14.1. The number of ether oxygens (including phenoxy) is 1. The lowest BCUT2D eigenvalue weighted by Crippen LogP contribution is -2.37. The van der Waals surface area contributed by atoms with Crippen molar-refractivity contribution in [3.05, 3.63) is 21.8 Å². The summed E-state index contributed by atoms with van der Waals surface area (Å²) in [6.07, 6.45) is -0.375. The Morgan fingerprint density at radius 1 is 1.06 bits per heavy atom. The molecule has 0 aliphatic heterocycles. The third kappa shape index (κ3) is 8.46. The Labute approximate surface area is 222 Å². The Balaban J connectivity index is 3.43. The molecule has 0 bridgehead atoms. The minimum Gasteiger partial charge on any atom is -0.394 e. The van der Waals surface area contributed by atoms with Gasteiger partial charge < -0.3 is 35.4 Å². The van der Waals surface area contributed by atoms with Crippen LogP contribution in [0.25, 0.3) is 0 Å². The van der Waals surface area contributed by atoms with E-state index in [2.05, 4.69) is 50.5 Å². The van der Waals surface area contributed by atoms with Crippen molar-refractivity contribution in [1.82, 2.24) is 4.90 Å². The fourth-order valence-electron chi connectivity index (χ4n) is 2.79. The fraction of sp³-hybridized carbons (Fsp3) is 0.579. The molecule has 1 rings (SSSR count). The number of halogens is 3. The number of rotatable bonds is 12. The lowest BCUT2D eigenvalue weighted by Gasteiger charge is -2.24. The molecule has 5 N–H and O–H groups in total. The maximum atomic E-state index is 13.2. The topological polar surface area (TPSA) is 140 Å². The van der Waals surface area contributed by atoms with Crippen LogP contribution in [-0.4, -0.2) is 89.9 Å². The van der Waals surface area contributed by atoms with E-state index in [0.29, 0.717) is 37.7 Å². The van der Waals surface area contributed by atoms with E-state index < -0.39 is 18.8 Å². The summed E-state index contributed by atoms with van der Waals surface area (Å²) in [5, 5.41) is 40.3. The van der Waals surface area contributed by atoms with Gasteiger partial charge in [-0.25, -0.2) is 0 Å². The van der Waals surface area contributed by atoms with Crippen LogP contribution in [0.2, 0.25) is 0 Å². The molecule has 0 heterocycles. The summed E-state index contributed by atoms with van der Waals surface area (Å²) in [7, 11) is 2.95. The third-order valence-corrected chi connectivity index (χ3v) is 7.84. The maximum absolute atomic E-state index is 13.2. The van der Waals surface area contributed by atoms with Gasteiger partial charge in [-0.15, -0.1) is 0 Å². The SMILES string of the molecule is COCC(=O)Nc1c(I)c(CCCC(O)CO)c(I)c(C(=O)N(C)CC(O)CO)c1I. The number of hydrogen-bond donors (Lipinski definition) is 5. The van der Waals surface area contributed by atoms with E-state index in [1.807, 2.05) is 22.6 Å². The van der Waals surface area contributed by atoms with Crippen molar-refractivity contribution in [1.29, 1.82) is 0 Å². The molecular weight excluding hydrogens is 749 g/mol. The highest BCUT2D eigenvalue weighted by atomic mass is 127. The molecule has 0 fully saturated rings. The van der Waals surface area contributed by atoms with Gasteiger partial charge >= 0.3 is 0 Å². The van der Waals surface area contributed by atoms with Gasteiger partial charge in [-0.05, 0) is 92.6 Å². The first-order chi connectivity index (χ1) is 14.6. The number of carbonyl (C=O) groups excluding carboxylic acids is 2. The quantitative estimate of drug-likeness (QED) is 0.201. The zero-order valence-corrected chi connectivity index (χ0v) is 23.7. The molecule has 2 atom stereocenters. The molecule has 9 nitrogen and oxygen atoms in total. The summed E-state index contributed by atoms with van der Waals surface area (Å²) >= 11 is 6.25. The predicted octanol–water partition coefficient (Wildman–Crippen LogP) is 1.19. The fourth-order valence-corrected chi connectivity index (χ4v) is 7.23. The smallest absolute Gasteiger partial charge is 0.255 e. The molecule has 0 aliphatic rings. The van der Waals surface area contributed by atoms with Crippen LogP contribution in [0.15, 0.2) is 0 Å². The van der Waals surface area contributed by atoms with E-state index in [1.165, 1.54) is 19.1 Å². The number of amides is 2. The first kappa shape index (κ1) is 29.2. The van der Waals surface area contributed by atoms with Gasteiger partial charge in [-0.2, -0.15) is 0 Å². The van der Waals surface area contributed by atoms with Gasteiger partial charge in [0.1, 0.15) is 6.61 Å². The maximum Gasteiger partial charge on any atom is 0.255 e. The Hall–Kier alpha value is 0.150. The molecule has 0 aliphatic carbocycles. The van der Waals surface area contributed by atoms with Gasteiger partial charge in [0.15, 0.2) is 0 Å². The molecule has 31 heavy (non-hydrogen) atoms. The van der Waals surface area contributed by atoms with Crippen molar-refractivity contribution in [2.75, 3.05) is 45.8 Å². The van der Waals surface area contributed by atoms with Gasteiger partial charge in [0.25, 0.3) is 5.91 Å². The monoisotopic (exact) mass is 776 g/mol. The minimum absolute atomic E-state index is 0.0448. The van der Waals surface area contributed by atoms with Crippen LogP contribution >= 0.6 is 67.8 Å². The Morgan fingerprint density at radius 3 is 2.23 bits per heavy atom. The number of aliphatic hydroxyl groups is 4. The second-order valence-electron chi connectivity index (χ2n) is 6.90. The molecule has 0 saturated heterocycles. The minimum atomic E-state index is -1.06. The molecule has 2 unspecified atom stereocenters. The highest BCUT2D eigenvalue weighted by Gasteiger charge is 2.27. The van der Waals surface area contributed by atoms with Gasteiger partial charge in [-0.3, -0.25) is 9.59 Å². The average molecular weight is 776 g/mol. The van der Waals surface area contributed by atoms with Crippen molar-refractivity contribution in [3.63, 3.8) is 0 Å². The molecule has 1 aromatic carbocycles. The lowest BCUT2D eigenvalue weighted by atomic mass is 10.0. The van der Waals surface area contributed by atoms with E-state index in [-0.39, 0.29) is 31.6 Å². The lowest BCUT2D eigenvalue weighted by molar-refractivity contribution is -0.119. The van der Waals surface area contributed by atoms with Crippen LogP contribution < -0.4 is 5.32 Å². The predicted molar refractivity (Wildman–Crippen MR) is 141 cm³/mol. The van der Waals surface area contributed by atoms with E-state index in [9.17, 15) is 19.8 Å². The Morgan fingerprint density at radius 2 is 1.68 bits per heavy atom. The second kappa shape index (κ2) is 14.4. The number of aliphatic hydroxyl groups excluding tert-OH is 4. The number of carbonyl (C=O) groups is 2. The van der Waals surface area contributed by atoms with Gasteiger partial charge in [-0.1, -0.05) is 0 Å². The van der Waals surface area contributed by atoms with Crippen LogP contribution in [0.4, 0.5) is 5.69 Å². The average Bonchev–Trinajstić information content (AvgIpc) is 2.73.